The van der Waals surface area contributed by atoms with E-state index in [9.17, 15) is 9.18 Å². The molecule has 5 nitrogen and oxygen atoms in total. The van der Waals surface area contributed by atoms with Crippen molar-refractivity contribution in [1.29, 1.82) is 0 Å². The van der Waals surface area contributed by atoms with E-state index in [1.54, 1.807) is 43.1 Å². The highest BCUT2D eigenvalue weighted by atomic mass is 35.5. The van der Waals surface area contributed by atoms with Gasteiger partial charge in [0.15, 0.2) is 0 Å². The SMILES string of the molecule is CSc1ccc2c(c1)c1c(n2C(=O)NCc2ccnc(Cl)c2)CCN(C/C=C/c2ccc(C)c(F)c2)C1. The smallest absolute Gasteiger partial charge is 0.326 e. The number of carbonyl (C=O) groups is 1. The van der Waals surface area contributed by atoms with Crippen molar-refractivity contribution < 1.29 is 9.18 Å². The lowest BCUT2D eigenvalue weighted by Gasteiger charge is -2.27. The molecule has 2 aromatic carbocycles. The van der Waals surface area contributed by atoms with E-state index >= 15 is 0 Å². The first-order valence-corrected chi connectivity index (χ1v) is 13.8. The maximum absolute atomic E-state index is 13.9. The maximum Gasteiger partial charge on any atom is 0.326 e. The summed E-state index contributed by atoms with van der Waals surface area (Å²) in [5.74, 6) is -0.188. The Morgan fingerprint density at radius 3 is 2.86 bits per heavy atom. The zero-order chi connectivity index (χ0) is 25.9. The number of nitrogens with zero attached hydrogens (tertiary/aromatic N) is 3. The molecule has 0 fully saturated rings. The average molecular weight is 535 g/mol. The van der Waals surface area contributed by atoms with Crippen molar-refractivity contribution in [3.05, 3.63) is 99.7 Å². The Hall–Kier alpha value is -3.13. The molecule has 0 bridgehead atoms. The van der Waals surface area contributed by atoms with Gasteiger partial charge < -0.3 is 5.32 Å². The number of nitrogens with one attached hydrogen (secondary N) is 1. The van der Waals surface area contributed by atoms with Crippen molar-refractivity contribution in [3.8, 4) is 0 Å². The second-order valence-electron chi connectivity index (χ2n) is 9.19. The van der Waals surface area contributed by atoms with E-state index in [0.29, 0.717) is 17.3 Å². The fraction of sp³-hybridized carbons (Fsp3) is 0.241. The molecule has 0 spiro atoms. The molecule has 1 N–H and O–H groups in total. The number of carbonyl (C=O) groups excluding carboxylic acids is 1. The Balaban J connectivity index is 1.38. The molecule has 2 aromatic heterocycles. The summed E-state index contributed by atoms with van der Waals surface area (Å²) in [6.07, 6.45) is 8.50. The predicted octanol–water partition coefficient (Wildman–Crippen LogP) is 6.69. The largest absolute Gasteiger partial charge is 0.333 e. The van der Waals surface area contributed by atoms with Crippen LogP contribution in [0.25, 0.3) is 17.0 Å². The van der Waals surface area contributed by atoms with E-state index in [1.165, 1.54) is 5.56 Å². The van der Waals surface area contributed by atoms with Crippen LogP contribution >= 0.6 is 23.4 Å². The van der Waals surface area contributed by atoms with Crippen LogP contribution in [0.5, 0.6) is 0 Å². The van der Waals surface area contributed by atoms with Crippen molar-refractivity contribution in [2.45, 2.75) is 31.3 Å². The van der Waals surface area contributed by atoms with Gasteiger partial charge in [0, 0.05) is 54.8 Å². The van der Waals surface area contributed by atoms with Crippen LogP contribution in [0.15, 0.2) is 65.7 Å². The number of rotatable bonds is 6. The number of hydrogen-bond donors (Lipinski definition) is 1. The van der Waals surface area contributed by atoms with E-state index in [0.717, 1.165) is 58.7 Å². The molecule has 0 aliphatic carbocycles. The van der Waals surface area contributed by atoms with Crippen LogP contribution in [-0.4, -0.2) is 39.8 Å². The van der Waals surface area contributed by atoms with Gasteiger partial charge in [0.1, 0.15) is 11.0 Å². The fourth-order valence-electron chi connectivity index (χ4n) is 4.77. The highest BCUT2D eigenvalue weighted by Gasteiger charge is 2.26. The molecule has 5 rings (SSSR count). The molecule has 1 aliphatic heterocycles. The molecule has 1 aliphatic rings. The van der Waals surface area contributed by atoms with Gasteiger partial charge in [-0.05, 0) is 71.8 Å². The predicted molar refractivity (Wildman–Crippen MR) is 150 cm³/mol. The number of thioether (sulfide) groups is 1. The number of amides is 1. The summed E-state index contributed by atoms with van der Waals surface area (Å²) in [5.41, 5.74) is 5.56. The molecular weight excluding hydrogens is 507 g/mol. The molecule has 0 saturated carbocycles. The summed E-state index contributed by atoms with van der Waals surface area (Å²) in [5, 5.41) is 4.56. The topological polar surface area (TPSA) is 50.2 Å². The van der Waals surface area contributed by atoms with Crippen LogP contribution < -0.4 is 5.32 Å². The van der Waals surface area contributed by atoms with Crippen LogP contribution in [0, 0.1) is 12.7 Å². The first-order valence-electron chi connectivity index (χ1n) is 12.2. The van der Waals surface area contributed by atoms with Gasteiger partial charge in [0.2, 0.25) is 0 Å². The molecule has 190 valence electrons. The number of hydrogen-bond acceptors (Lipinski definition) is 4. The Morgan fingerprint density at radius 2 is 2.08 bits per heavy atom. The molecule has 3 heterocycles. The van der Waals surface area contributed by atoms with Gasteiger partial charge in [-0.2, -0.15) is 0 Å². The highest BCUT2D eigenvalue weighted by Crippen LogP contribution is 2.33. The average Bonchev–Trinajstić information content (AvgIpc) is 3.22. The van der Waals surface area contributed by atoms with Crippen molar-refractivity contribution >= 4 is 46.4 Å². The Morgan fingerprint density at radius 1 is 1.22 bits per heavy atom. The molecule has 1 amide bonds. The number of aromatic nitrogens is 2. The van der Waals surface area contributed by atoms with Crippen LogP contribution in [-0.2, 0) is 19.5 Å². The molecule has 0 saturated heterocycles. The van der Waals surface area contributed by atoms with Crippen LogP contribution in [0.2, 0.25) is 5.15 Å². The third-order valence-corrected chi connectivity index (χ3v) is 7.67. The number of benzene rings is 2. The highest BCUT2D eigenvalue weighted by molar-refractivity contribution is 7.98. The lowest BCUT2D eigenvalue weighted by Crippen LogP contribution is -2.34. The Labute approximate surface area is 225 Å². The number of halogens is 2. The zero-order valence-electron chi connectivity index (χ0n) is 20.8. The van der Waals surface area contributed by atoms with E-state index in [-0.39, 0.29) is 11.8 Å². The minimum absolute atomic E-state index is 0.147. The normalized spacial score (nSPS) is 13.8. The summed E-state index contributed by atoms with van der Waals surface area (Å²) in [4.78, 5) is 20.9. The standard InChI is InChI=1S/C29H28ClFN4OS/c1-19-5-6-20(14-25(19)31)4-3-12-34-13-10-27-24(18-34)23-16-22(37-2)7-8-26(23)35(27)29(36)33-17-21-9-11-32-28(30)15-21/h3-9,11,14-16H,10,12-13,17-18H2,1-2H3,(H,33,36)/b4-3+. The minimum atomic E-state index is -0.188. The number of aryl methyl sites for hydroxylation is 1. The van der Waals surface area contributed by atoms with Crippen molar-refractivity contribution in [1.82, 2.24) is 19.8 Å². The molecule has 37 heavy (non-hydrogen) atoms. The van der Waals surface area contributed by atoms with Gasteiger partial charge in [-0.15, -0.1) is 11.8 Å². The van der Waals surface area contributed by atoms with Crippen molar-refractivity contribution in [3.63, 3.8) is 0 Å². The molecular formula is C29H28ClFN4OS. The van der Waals surface area contributed by atoms with Gasteiger partial charge >= 0.3 is 6.03 Å². The summed E-state index contributed by atoms with van der Waals surface area (Å²) < 4.78 is 15.7. The molecule has 0 radical (unpaired) electrons. The first-order chi connectivity index (χ1) is 17.9. The van der Waals surface area contributed by atoms with E-state index in [2.05, 4.69) is 39.7 Å². The van der Waals surface area contributed by atoms with E-state index < -0.39 is 0 Å². The summed E-state index contributed by atoms with van der Waals surface area (Å²) in [6, 6.07) is 15.0. The van der Waals surface area contributed by atoms with Gasteiger partial charge in [0.25, 0.3) is 0 Å². The fourth-order valence-corrected chi connectivity index (χ4v) is 5.40. The second kappa shape index (κ2) is 11.1. The van der Waals surface area contributed by atoms with Crippen molar-refractivity contribution in [2.24, 2.45) is 0 Å². The zero-order valence-corrected chi connectivity index (χ0v) is 22.4. The lowest BCUT2D eigenvalue weighted by molar-refractivity contribution is 0.240. The van der Waals surface area contributed by atoms with Crippen LogP contribution in [0.3, 0.4) is 0 Å². The summed E-state index contributed by atoms with van der Waals surface area (Å²) in [7, 11) is 0. The van der Waals surface area contributed by atoms with Gasteiger partial charge in [0.05, 0.1) is 5.52 Å². The molecule has 0 unspecified atom stereocenters. The van der Waals surface area contributed by atoms with Crippen LogP contribution in [0.1, 0.15) is 27.9 Å². The van der Waals surface area contributed by atoms with Crippen molar-refractivity contribution in [2.75, 3.05) is 19.3 Å². The quantitative estimate of drug-likeness (QED) is 0.221. The van der Waals surface area contributed by atoms with E-state index in [4.69, 9.17) is 11.6 Å². The molecule has 8 heteroatoms. The number of fused-ring (bicyclic) bond motifs is 3. The Kier molecular flexibility index (Phi) is 7.65. The summed E-state index contributed by atoms with van der Waals surface area (Å²) in [6.45, 7) is 4.46. The second-order valence-corrected chi connectivity index (χ2v) is 10.5. The maximum atomic E-state index is 13.9. The minimum Gasteiger partial charge on any atom is -0.333 e. The van der Waals surface area contributed by atoms with Gasteiger partial charge in [-0.1, -0.05) is 35.9 Å². The first kappa shape index (κ1) is 25.5. The third-order valence-electron chi connectivity index (χ3n) is 6.74. The van der Waals surface area contributed by atoms with Crippen LogP contribution in [0.4, 0.5) is 9.18 Å². The summed E-state index contributed by atoms with van der Waals surface area (Å²) >= 11 is 7.69. The van der Waals surface area contributed by atoms with Gasteiger partial charge in [-0.25, -0.2) is 14.2 Å². The number of pyridine rings is 1. The molecule has 4 aromatic rings. The van der Waals surface area contributed by atoms with Gasteiger partial charge in [-0.3, -0.25) is 9.47 Å². The monoisotopic (exact) mass is 534 g/mol. The lowest BCUT2D eigenvalue weighted by atomic mass is 10.0. The third kappa shape index (κ3) is 5.59. The molecule has 0 atom stereocenters. The Bertz CT molecular complexity index is 1500. The van der Waals surface area contributed by atoms with E-state index in [1.807, 2.05) is 28.8 Å².